The average Bonchev–Trinajstić information content (AvgIpc) is 3.55. The summed E-state index contributed by atoms with van der Waals surface area (Å²) >= 11 is 1.55. The van der Waals surface area contributed by atoms with Crippen LogP contribution in [0.3, 0.4) is 0 Å². The third kappa shape index (κ3) is 4.26. The van der Waals surface area contributed by atoms with Crippen LogP contribution in [0.4, 0.5) is 0 Å². The summed E-state index contributed by atoms with van der Waals surface area (Å²) in [6.07, 6.45) is 2.07. The number of nitrogens with zero attached hydrogens (tertiary/aromatic N) is 3. The molecule has 0 saturated carbocycles. The van der Waals surface area contributed by atoms with E-state index in [0.717, 1.165) is 32.1 Å². The number of thiazole rings is 1. The summed E-state index contributed by atoms with van der Waals surface area (Å²) in [7, 11) is 0. The first-order valence-electron chi connectivity index (χ1n) is 11.9. The number of aromatic nitrogens is 1. The van der Waals surface area contributed by atoms with Gasteiger partial charge < -0.3 is 0 Å². The van der Waals surface area contributed by atoms with Gasteiger partial charge in [-0.05, 0) is 28.8 Å². The van der Waals surface area contributed by atoms with Crippen LogP contribution >= 0.6 is 11.3 Å². The third-order valence-corrected chi connectivity index (χ3v) is 7.26. The molecule has 7 heteroatoms. The zero-order valence-electron chi connectivity index (χ0n) is 19.8. The molecule has 6 nitrogen and oxygen atoms in total. The van der Waals surface area contributed by atoms with Crippen LogP contribution < -0.4 is 15.5 Å². The number of carbonyl (C=O) groups excluding carboxylic acids is 1. The van der Waals surface area contributed by atoms with E-state index in [0.29, 0.717) is 5.96 Å². The van der Waals surface area contributed by atoms with Crippen molar-refractivity contribution in [3.8, 4) is 16.1 Å². The number of carbonyl (C=O) groups is 1. The Morgan fingerprint density at radius 1 is 0.757 bits per heavy atom. The minimum absolute atomic E-state index is 0.227. The van der Waals surface area contributed by atoms with Crippen molar-refractivity contribution < 1.29 is 4.79 Å². The number of para-hydroxylation sites is 1. The van der Waals surface area contributed by atoms with Gasteiger partial charge in [-0.15, -0.1) is 5.10 Å². The van der Waals surface area contributed by atoms with Gasteiger partial charge in [0, 0.05) is 11.9 Å². The van der Waals surface area contributed by atoms with E-state index in [2.05, 4.69) is 34.2 Å². The summed E-state index contributed by atoms with van der Waals surface area (Å²) in [5.41, 5.74) is 5.51. The fourth-order valence-electron chi connectivity index (χ4n) is 4.45. The monoisotopic (exact) mass is 501 g/mol. The summed E-state index contributed by atoms with van der Waals surface area (Å²) in [5.74, 6) is 0.0710. The average molecular weight is 502 g/mol. The Morgan fingerprint density at radius 2 is 1.30 bits per heavy atom. The van der Waals surface area contributed by atoms with Crippen molar-refractivity contribution in [2.24, 2.45) is 10.1 Å². The quantitative estimate of drug-likeness (QED) is 0.331. The van der Waals surface area contributed by atoms with Crippen molar-refractivity contribution in [2.75, 3.05) is 0 Å². The molecule has 5 aromatic rings. The Morgan fingerprint density at radius 3 is 1.89 bits per heavy atom. The lowest BCUT2D eigenvalue weighted by Gasteiger charge is -2.24. The van der Waals surface area contributed by atoms with Gasteiger partial charge in [-0.25, -0.2) is 10.4 Å². The van der Waals surface area contributed by atoms with Gasteiger partial charge in [-0.2, -0.15) is 0 Å². The lowest BCUT2D eigenvalue weighted by atomic mass is 9.83. The summed E-state index contributed by atoms with van der Waals surface area (Å²) in [4.78, 5) is 20.2. The predicted octanol–water partition coefficient (Wildman–Crippen LogP) is 5.04. The molecule has 0 fully saturated rings. The van der Waals surface area contributed by atoms with Crippen molar-refractivity contribution in [1.82, 2.24) is 15.3 Å². The molecule has 1 aromatic heterocycles. The van der Waals surface area contributed by atoms with Crippen LogP contribution in [-0.4, -0.2) is 16.4 Å². The Bertz CT molecular complexity index is 1590. The van der Waals surface area contributed by atoms with E-state index in [1.54, 1.807) is 11.3 Å². The van der Waals surface area contributed by atoms with Gasteiger partial charge in [-0.3, -0.25) is 14.7 Å². The molecule has 180 valence electrons. The number of guanidine groups is 1. The first-order chi connectivity index (χ1) is 18.2. The molecule has 0 atom stereocenters. The highest BCUT2D eigenvalue weighted by atomic mass is 32.1. The van der Waals surface area contributed by atoms with Crippen LogP contribution in [0.2, 0.25) is 0 Å². The van der Waals surface area contributed by atoms with E-state index in [9.17, 15) is 4.79 Å². The van der Waals surface area contributed by atoms with Crippen molar-refractivity contribution in [1.29, 1.82) is 0 Å². The maximum atomic E-state index is 13.5. The molecule has 0 unspecified atom stereocenters. The number of aliphatic imine (C=N–C) groups is 1. The van der Waals surface area contributed by atoms with Crippen LogP contribution in [0.1, 0.15) is 11.1 Å². The molecule has 6 rings (SSSR count). The molecule has 1 amide bonds. The van der Waals surface area contributed by atoms with Gasteiger partial charge in [0.05, 0.1) is 4.88 Å². The van der Waals surface area contributed by atoms with Crippen molar-refractivity contribution in [2.45, 2.75) is 5.54 Å². The molecule has 0 aliphatic carbocycles. The molecule has 0 spiro atoms. The molecule has 2 N–H and O–H groups in total. The van der Waals surface area contributed by atoms with E-state index in [1.165, 1.54) is 0 Å². The van der Waals surface area contributed by atoms with Gasteiger partial charge in [0.15, 0.2) is 5.54 Å². The van der Waals surface area contributed by atoms with Gasteiger partial charge in [0.1, 0.15) is 0 Å². The van der Waals surface area contributed by atoms with Gasteiger partial charge in [-0.1, -0.05) is 121 Å². The standard InChI is InChI=1S/C30H23N5OS/c36-27-30(23-15-7-2-8-16-23,24-17-9-3-10-18-24)32-28(31-27)33-34-29-35(25-19-11-4-12-20-25)21-26(37-29)22-13-5-1-6-14-22/h1-21H,(H2,31,32,33,36)/b34-29-. The molecule has 0 saturated heterocycles. The van der Waals surface area contributed by atoms with Crippen LogP contribution in [0.5, 0.6) is 0 Å². The number of rotatable bonds is 5. The predicted molar refractivity (Wildman–Crippen MR) is 147 cm³/mol. The van der Waals surface area contributed by atoms with Gasteiger partial charge >= 0.3 is 0 Å². The zero-order chi connectivity index (χ0) is 25.1. The maximum absolute atomic E-state index is 13.5. The SMILES string of the molecule is O=C1NC(N/N=c2\sc(-c3ccccc3)cn2-c2ccccc2)=NC1(c1ccccc1)c1ccccc1. The van der Waals surface area contributed by atoms with Crippen LogP contribution in [-0.2, 0) is 10.3 Å². The molecule has 37 heavy (non-hydrogen) atoms. The van der Waals surface area contributed by atoms with E-state index < -0.39 is 5.54 Å². The zero-order valence-corrected chi connectivity index (χ0v) is 20.6. The summed E-state index contributed by atoms with van der Waals surface area (Å²) < 4.78 is 2.03. The highest BCUT2D eigenvalue weighted by Crippen LogP contribution is 2.36. The molecular formula is C30H23N5OS. The van der Waals surface area contributed by atoms with Crippen LogP contribution in [0.25, 0.3) is 16.1 Å². The van der Waals surface area contributed by atoms with E-state index in [4.69, 9.17) is 4.99 Å². The normalized spacial score (nSPS) is 14.8. The maximum Gasteiger partial charge on any atom is 0.264 e. The van der Waals surface area contributed by atoms with Crippen molar-refractivity contribution in [3.63, 3.8) is 0 Å². The van der Waals surface area contributed by atoms with E-state index >= 15 is 0 Å². The Balaban J connectivity index is 1.43. The van der Waals surface area contributed by atoms with Crippen molar-refractivity contribution >= 4 is 23.2 Å². The lowest BCUT2D eigenvalue weighted by molar-refractivity contribution is -0.122. The number of benzene rings is 4. The second-order valence-corrected chi connectivity index (χ2v) is 9.54. The van der Waals surface area contributed by atoms with Crippen molar-refractivity contribution in [3.05, 3.63) is 143 Å². The number of hydrogen-bond donors (Lipinski definition) is 2. The topological polar surface area (TPSA) is 70.8 Å². The van der Waals surface area contributed by atoms with Gasteiger partial charge in [0.2, 0.25) is 10.8 Å². The second-order valence-electron chi connectivity index (χ2n) is 8.53. The summed E-state index contributed by atoms with van der Waals surface area (Å²) in [6.45, 7) is 0. The van der Waals surface area contributed by atoms with Crippen LogP contribution in [0.15, 0.2) is 138 Å². The highest BCUT2D eigenvalue weighted by Gasteiger charge is 2.47. The molecule has 0 radical (unpaired) electrons. The Hall–Kier alpha value is -4.75. The Labute approximate surface area is 218 Å². The fourth-order valence-corrected chi connectivity index (χ4v) is 5.40. The highest BCUT2D eigenvalue weighted by molar-refractivity contribution is 7.12. The molecule has 2 heterocycles. The molecule has 1 aliphatic rings. The fraction of sp³-hybridized carbons (Fsp3) is 0.0333. The van der Waals surface area contributed by atoms with Gasteiger partial charge in [0.25, 0.3) is 5.91 Å². The first-order valence-corrected chi connectivity index (χ1v) is 12.7. The molecular weight excluding hydrogens is 478 g/mol. The Kier molecular flexibility index (Phi) is 5.96. The second kappa shape index (κ2) is 9.72. The minimum atomic E-state index is -1.19. The smallest absolute Gasteiger partial charge is 0.264 e. The first kappa shape index (κ1) is 22.7. The van der Waals surface area contributed by atoms with E-state index in [-0.39, 0.29) is 5.91 Å². The van der Waals surface area contributed by atoms with E-state index in [1.807, 2.05) is 114 Å². The lowest BCUT2D eigenvalue weighted by Crippen LogP contribution is -2.40. The molecule has 1 aliphatic heterocycles. The summed E-state index contributed by atoms with van der Waals surface area (Å²) in [6, 6.07) is 39.4. The summed E-state index contributed by atoms with van der Waals surface area (Å²) in [5, 5.41) is 7.60. The number of nitrogens with one attached hydrogen (secondary N) is 2. The minimum Gasteiger partial charge on any atom is -0.292 e. The van der Waals surface area contributed by atoms with Crippen LogP contribution in [0, 0.1) is 0 Å². The molecule has 4 aromatic carbocycles. The number of hydrogen-bond acceptors (Lipinski definition) is 5. The number of amides is 1. The third-order valence-electron chi connectivity index (χ3n) is 6.23. The molecule has 0 bridgehead atoms. The largest absolute Gasteiger partial charge is 0.292 e.